The summed E-state index contributed by atoms with van der Waals surface area (Å²) in [5.74, 6) is 1.91. The lowest BCUT2D eigenvalue weighted by Crippen LogP contribution is -2.37. The first-order valence-corrected chi connectivity index (χ1v) is 8.05. The standard InChI is InChI=1S/C16H33N/c1-4-12-17-16-11-9-7-8-10-15(16)13-14(5-2)6-3/h14-17H,4-13H2,1-3H3. The average Bonchev–Trinajstić information content (AvgIpc) is 2.58. The predicted octanol–water partition coefficient (Wildman–Crippen LogP) is 4.76. The molecule has 1 rings (SSSR count). The zero-order valence-corrected chi connectivity index (χ0v) is 12.3. The van der Waals surface area contributed by atoms with E-state index < -0.39 is 0 Å². The van der Waals surface area contributed by atoms with Crippen molar-refractivity contribution >= 4 is 0 Å². The van der Waals surface area contributed by atoms with E-state index in [1.54, 1.807) is 0 Å². The Hall–Kier alpha value is -0.0400. The molecule has 102 valence electrons. The Labute approximate surface area is 109 Å². The van der Waals surface area contributed by atoms with Crippen LogP contribution in [0.3, 0.4) is 0 Å². The van der Waals surface area contributed by atoms with Crippen LogP contribution in [0.2, 0.25) is 0 Å². The van der Waals surface area contributed by atoms with E-state index in [4.69, 9.17) is 0 Å². The van der Waals surface area contributed by atoms with Crippen molar-refractivity contribution in [3.8, 4) is 0 Å². The molecular formula is C16H33N. The minimum atomic E-state index is 0.818. The lowest BCUT2D eigenvalue weighted by Gasteiger charge is -2.29. The van der Waals surface area contributed by atoms with Crippen LogP contribution in [0.25, 0.3) is 0 Å². The minimum absolute atomic E-state index is 0.818. The van der Waals surface area contributed by atoms with Gasteiger partial charge < -0.3 is 5.32 Å². The second-order valence-corrected chi connectivity index (χ2v) is 5.88. The van der Waals surface area contributed by atoms with Crippen LogP contribution in [-0.4, -0.2) is 12.6 Å². The zero-order chi connectivity index (χ0) is 12.5. The molecule has 0 aromatic carbocycles. The SMILES string of the molecule is CCCNC1CCCCCC1CC(CC)CC. The van der Waals surface area contributed by atoms with E-state index in [0.717, 1.165) is 17.9 Å². The molecular weight excluding hydrogens is 206 g/mol. The molecule has 1 N–H and O–H groups in total. The van der Waals surface area contributed by atoms with Gasteiger partial charge in [-0.3, -0.25) is 0 Å². The summed E-state index contributed by atoms with van der Waals surface area (Å²) in [5, 5.41) is 3.81. The molecule has 0 radical (unpaired) electrons. The maximum atomic E-state index is 3.81. The van der Waals surface area contributed by atoms with Crippen molar-refractivity contribution in [3.63, 3.8) is 0 Å². The van der Waals surface area contributed by atoms with Crippen LogP contribution in [-0.2, 0) is 0 Å². The second-order valence-electron chi connectivity index (χ2n) is 5.88. The van der Waals surface area contributed by atoms with Gasteiger partial charge in [0.1, 0.15) is 0 Å². The molecule has 0 aliphatic heterocycles. The average molecular weight is 239 g/mol. The van der Waals surface area contributed by atoms with E-state index in [9.17, 15) is 0 Å². The summed E-state index contributed by atoms with van der Waals surface area (Å²) in [7, 11) is 0. The Morgan fingerprint density at radius 3 is 2.35 bits per heavy atom. The third-order valence-corrected chi connectivity index (χ3v) is 4.61. The van der Waals surface area contributed by atoms with Crippen LogP contribution in [0.15, 0.2) is 0 Å². The highest BCUT2D eigenvalue weighted by atomic mass is 14.9. The monoisotopic (exact) mass is 239 g/mol. The summed E-state index contributed by atoms with van der Waals surface area (Å²) < 4.78 is 0. The number of hydrogen-bond acceptors (Lipinski definition) is 1. The maximum Gasteiger partial charge on any atom is 0.00954 e. The van der Waals surface area contributed by atoms with E-state index in [-0.39, 0.29) is 0 Å². The lowest BCUT2D eigenvalue weighted by molar-refractivity contribution is 0.264. The van der Waals surface area contributed by atoms with Crippen molar-refractivity contribution in [2.75, 3.05) is 6.54 Å². The normalized spacial score (nSPS) is 26.1. The van der Waals surface area contributed by atoms with Crippen molar-refractivity contribution in [1.82, 2.24) is 5.32 Å². The summed E-state index contributed by atoms with van der Waals surface area (Å²) in [5.41, 5.74) is 0. The summed E-state index contributed by atoms with van der Waals surface area (Å²) in [4.78, 5) is 0. The van der Waals surface area contributed by atoms with E-state index >= 15 is 0 Å². The van der Waals surface area contributed by atoms with Gasteiger partial charge in [0.2, 0.25) is 0 Å². The highest BCUT2D eigenvalue weighted by Gasteiger charge is 2.24. The van der Waals surface area contributed by atoms with Crippen molar-refractivity contribution in [2.24, 2.45) is 11.8 Å². The molecule has 0 saturated heterocycles. The van der Waals surface area contributed by atoms with Gasteiger partial charge in [0.25, 0.3) is 0 Å². The van der Waals surface area contributed by atoms with E-state index in [2.05, 4.69) is 26.1 Å². The van der Waals surface area contributed by atoms with Crippen LogP contribution in [0.5, 0.6) is 0 Å². The van der Waals surface area contributed by atoms with Gasteiger partial charge in [-0.15, -0.1) is 0 Å². The van der Waals surface area contributed by atoms with Gasteiger partial charge in [-0.1, -0.05) is 52.9 Å². The smallest absolute Gasteiger partial charge is 0.00954 e. The predicted molar refractivity (Wildman–Crippen MR) is 77.3 cm³/mol. The third-order valence-electron chi connectivity index (χ3n) is 4.61. The van der Waals surface area contributed by atoms with Crippen LogP contribution in [0.1, 0.15) is 78.6 Å². The fourth-order valence-corrected chi connectivity index (χ4v) is 3.32. The van der Waals surface area contributed by atoms with Crippen molar-refractivity contribution < 1.29 is 0 Å². The topological polar surface area (TPSA) is 12.0 Å². The number of nitrogens with one attached hydrogen (secondary N) is 1. The molecule has 0 amide bonds. The molecule has 2 atom stereocenters. The Balaban J connectivity index is 2.48. The van der Waals surface area contributed by atoms with E-state index in [1.807, 2.05) is 0 Å². The largest absolute Gasteiger partial charge is 0.314 e. The molecule has 0 heterocycles. The molecule has 0 aromatic rings. The van der Waals surface area contributed by atoms with Gasteiger partial charge in [-0.25, -0.2) is 0 Å². The first-order valence-electron chi connectivity index (χ1n) is 8.05. The molecule has 0 aromatic heterocycles. The summed E-state index contributed by atoms with van der Waals surface area (Å²) in [6.07, 6.45) is 12.7. The summed E-state index contributed by atoms with van der Waals surface area (Å²) in [6, 6.07) is 0.818. The number of rotatable bonds is 7. The summed E-state index contributed by atoms with van der Waals surface area (Å²) in [6.45, 7) is 8.21. The van der Waals surface area contributed by atoms with Gasteiger partial charge in [0.15, 0.2) is 0 Å². The minimum Gasteiger partial charge on any atom is -0.314 e. The zero-order valence-electron chi connectivity index (χ0n) is 12.3. The second kappa shape index (κ2) is 8.97. The van der Waals surface area contributed by atoms with Crippen LogP contribution >= 0.6 is 0 Å². The molecule has 1 aliphatic carbocycles. The van der Waals surface area contributed by atoms with Crippen molar-refractivity contribution in [2.45, 2.75) is 84.6 Å². The van der Waals surface area contributed by atoms with Gasteiger partial charge >= 0.3 is 0 Å². The Morgan fingerprint density at radius 1 is 1.00 bits per heavy atom. The fourth-order valence-electron chi connectivity index (χ4n) is 3.32. The molecule has 1 aliphatic rings. The molecule has 2 unspecified atom stereocenters. The Kier molecular flexibility index (Phi) is 7.92. The van der Waals surface area contributed by atoms with Crippen LogP contribution < -0.4 is 5.32 Å². The fraction of sp³-hybridized carbons (Fsp3) is 1.00. The van der Waals surface area contributed by atoms with Crippen molar-refractivity contribution in [1.29, 1.82) is 0 Å². The Morgan fingerprint density at radius 2 is 1.71 bits per heavy atom. The molecule has 0 spiro atoms. The highest BCUT2D eigenvalue weighted by molar-refractivity contribution is 4.81. The summed E-state index contributed by atoms with van der Waals surface area (Å²) >= 11 is 0. The molecule has 1 heteroatoms. The highest BCUT2D eigenvalue weighted by Crippen LogP contribution is 2.30. The molecule has 0 bridgehead atoms. The van der Waals surface area contributed by atoms with Crippen molar-refractivity contribution in [3.05, 3.63) is 0 Å². The first kappa shape index (κ1) is 15.0. The van der Waals surface area contributed by atoms with Gasteiger partial charge in [0.05, 0.1) is 0 Å². The van der Waals surface area contributed by atoms with Gasteiger partial charge in [-0.05, 0) is 44.1 Å². The third kappa shape index (κ3) is 5.42. The van der Waals surface area contributed by atoms with Crippen LogP contribution in [0.4, 0.5) is 0 Å². The molecule has 17 heavy (non-hydrogen) atoms. The number of hydrogen-bond donors (Lipinski definition) is 1. The lowest BCUT2D eigenvalue weighted by atomic mass is 9.83. The molecule has 1 saturated carbocycles. The van der Waals surface area contributed by atoms with E-state index in [1.165, 1.54) is 64.3 Å². The molecule has 1 fully saturated rings. The van der Waals surface area contributed by atoms with Crippen LogP contribution in [0, 0.1) is 11.8 Å². The molecule has 1 nitrogen and oxygen atoms in total. The maximum absolute atomic E-state index is 3.81. The first-order chi connectivity index (χ1) is 8.31. The Bertz CT molecular complexity index is 174. The van der Waals surface area contributed by atoms with Gasteiger partial charge in [0, 0.05) is 6.04 Å². The van der Waals surface area contributed by atoms with E-state index in [0.29, 0.717) is 0 Å². The quantitative estimate of drug-likeness (QED) is 0.632. The van der Waals surface area contributed by atoms with Gasteiger partial charge in [-0.2, -0.15) is 0 Å².